The number of nitrogens with two attached hydrogens (primary N) is 1. The number of likely N-dealkylation sites (tertiary alicyclic amines) is 1. The molecule has 0 radical (unpaired) electrons. The Morgan fingerprint density at radius 2 is 2.40 bits per heavy atom. The highest BCUT2D eigenvalue weighted by Crippen LogP contribution is 2.30. The Hall–Kier alpha value is -2.92. The summed E-state index contributed by atoms with van der Waals surface area (Å²) < 4.78 is 10.9. The largest absolute Gasteiger partial charge is 0.494 e. The average molecular weight is 341 g/mol. The third-order valence-corrected chi connectivity index (χ3v) is 4.13. The van der Waals surface area contributed by atoms with Gasteiger partial charge in [-0.3, -0.25) is 9.69 Å². The number of hydrogen-bond acceptors (Lipinski definition) is 7. The zero-order valence-corrected chi connectivity index (χ0v) is 13.7. The smallest absolute Gasteiger partial charge is 0.290 e. The van der Waals surface area contributed by atoms with E-state index in [-0.39, 0.29) is 11.9 Å². The van der Waals surface area contributed by atoms with Gasteiger partial charge < -0.3 is 15.0 Å². The van der Waals surface area contributed by atoms with Crippen molar-refractivity contribution in [1.82, 2.24) is 15.0 Å². The predicted octanol–water partition coefficient (Wildman–Crippen LogP) is 1.65. The lowest BCUT2D eigenvalue weighted by molar-refractivity contribution is 0.0987. The van der Waals surface area contributed by atoms with Crippen LogP contribution in [-0.4, -0.2) is 40.6 Å². The number of primary amides is 1. The summed E-state index contributed by atoms with van der Waals surface area (Å²) in [5, 5.41) is 12.5. The van der Waals surface area contributed by atoms with Crippen LogP contribution < -0.4 is 10.5 Å². The number of ether oxygens (including phenoxy) is 1. The molecule has 0 aliphatic carbocycles. The van der Waals surface area contributed by atoms with Crippen molar-refractivity contribution in [3.63, 3.8) is 0 Å². The molecular formula is C17H19N5O3. The van der Waals surface area contributed by atoms with Gasteiger partial charge in [0.25, 0.3) is 11.7 Å². The summed E-state index contributed by atoms with van der Waals surface area (Å²) in [6, 6.07) is 9.21. The van der Waals surface area contributed by atoms with E-state index in [4.69, 9.17) is 20.3 Å². The predicted molar refractivity (Wildman–Crippen MR) is 87.6 cm³/mol. The van der Waals surface area contributed by atoms with Gasteiger partial charge in [-0.05, 0) is 44.0 Å². The molecule has 8 heteroatoms. The van der Waals surface area contributed by atoms with Crippen LogP contribution in [0.1, 0.15) is 47.4 Å². The number of hydrogen-bond donors (Lipinski definition) is 1. The maximum absolute atomic E-state index is 11.1. The van der Waals surface area contributed by atoms with Crippen molar-refractivity contribution in [3.05, 3.63) is 41.5 Å². The van der Waals surface area contributed by atoms with Gasteiger partial charge in [0.2, 0.25) is 5.89 Å². The number of amides is 1. The Morgan fingerprint density at radius 1 is 1.52 bits per heavy atom. The van der Waals surface area contributed by atoms with Crippen LogP contribution in [0, 0.1) is 11.3 Å². The SMILES string of the molecule is N#Cc1cccc(OCCCN2CCC[C@@H]2c2nc(C(N)=O)no2)c1. The van der Waals surface area contributed by atoms with Crippen LogP contribution in [0.15, 0.2) is 28.8 Å². The van der Waals surface area contributed by atoms with Gasteiger partial charge in [-0.15, -0.1) is 0 Å². The molecular weight excluding hydrogens is 322 g/mol. The number of nitriles is 1. The van der Waals surface area contributed by atoms with Gasteiger partial charge in [-0.25, -0.2) is 0 Å². The van der Waals surface area contributed by atoms with Crippen LogP contribution >= 0.6 is 0 Å². The van der Waals surface area contributed by atoms with Crippen LogP contribution in [0.25, 0.3) is 0 Å². The molecule has 1 aliphatic heterocycles. The zero-order chi connectivity index (χ0) is 17.6. The van der Waals surface area contributed by atoms with E-state index in [1.807, 2.05) is 6.07 Å². The maximum atomic E-state index is 11.1. The first-order valence-corrected chi connectivity index (χ1v) is 8.18. The van der Waals surface area contributed by atoms with Gasteiger partial charge in [0.05, 0.1) is 24.3 Å². The summed E-state index contributed by atoms with van der Waals surface area (Å²) in [5.41, 5.74) is 5.74. The fourth-order valence-electron chi connectivity index (χ4n) is 2.96. The standard InChI is InChI=1S/C17H19N5O3/c18-11-12-4-1-5-13(10-12)24-9-3-8-22-7-2-6-14(22)17-20-16(15(19)23)21-25-17/h1,4-5,10,14H,2-3,6-9H2,(H2,19,23)/t14-/m1/s1. The van der Waals surface area contributed by atoms with Crippen LogP contribution in [0.2, 0.25) is 0 Å². The minimum atomic E-state index is -0.687. The average Bonchev–Trinajstić information content (AvgIpc) is 3.28. The first kappa shape index (κ1) is 16.9. The van der Waals surface area contributed by atoms with Gasteiger partial charge in [0, 0.05) is 6.54 Å². The second-order valence-corrected chi connectivity index (χ2v) is 5.86. The molecule has 1 amide bonds. The second kappa shape index (κ2) is 7.77. The summed E-state index contributed by atoms with van der Waals surface area (Å²) in [5.74, 6) is 0.365. The topological polar surface area (TPSA) is 118 Å². The maximum Gasteiger partial charge on any atom is 0.290 e. The molecule has 0 spiro atoms. The van der Waals surface area contributed by atoms with E-state index in [1.54, 1.807) is 18.2 Å². The van der Waals surface area contributed by atoms with Crippen molar-refractivity contribution in [3.8, 4) is 11.8 Å². The Labute approximate surface area is 145 Å². The second-order valence-electron chi connectivity index (χ2n) is 5.86. The lowest BCUT2D eigenvalue weighted by atomic mass is 10.2. The Bertz CT molecular complexity index is 783. The number of aromatic nitrogens is 2. The van der Waals surface area contributed by atoms with E-state index in [0.717, 1.165) is 32.4 Å². The van der Waals surface area contributed by atoms with Gasteiger partial charge in [0.15, 0.2) is 0 Å². The summed E-state index contributed by atoms with van der Waals surface area (Å²) in [4.78, 5) is 17.4. The van der Waals surface area contributed by atoms with Crippen LogP contribution in [0.3, 0.4) is 0 Å². The highest BCUT2D eigenvalue weighted by Gasteiger charge is 2.30. The quantitative estimate of drug-likeness (QED) is 0.760. The lowest BCUT2D eigenvalue weighted by Crippen LogP contribution is -2.26. The molecule has 2 heterocycles. The normalized spacial score (nSPS) is 17.3. The number of carbonyl (C=O) groups excluding carboxylic acids is 1. The summed E-state index contributed by atoms with van der Waals surface area (Å²) >= 11 is 0. The van der Waals surface area contributed by atoms with Crippen LogP contribution in [0.4, 0.5) is 0 Å². The number of benzene rings is 1. The van der Waals surface area contributed by atoms with E-state index < -0.39 is 5.91 Å². The molecule has 25 heavy (non-hydrogen) atoms. The molecule has 0 bridgehead atoms. The van der Waals surface area contributed by atoms with E-state index in [2.05, 4.69) is 21.1 Å². The van der Waals surface area contributed by atoms with Crippen molar-refractivity contribution in [1.29, 1.82) is 5.26 Å². The zero-order valence-electron chi connectivity index (χ0n) is 13.7. The minimum Gasteiger partial charge on any atom is -0.494 e. The summed E-state index contributed by atoms with van der Waals surface area (Å²) in [6.45, 7) is 2.30. The third-order valence-electron chi connectivity index (χ3n) is 4.13. The Balaban J connectivity index is 1.50. The number of carbonyl (C=O) groups is 1. The first-order valence-electron chi connectivity index (χ1n) is 8.18. The molecule has 1 aromatic carbocycles. The molecule has 0 saturated carbocycles. The lowest BCUT2D eigenvalue weighted by Gasteiger charge is -2.21. The van der Waals surface area contributed by atoms with Crippen molar-refractivity contribution < 1.29 is 14.1 Å². The van der Waals surface area contributed by atoms with Gasteiger partial charge in [-0.2, -0.15) is 10.2 Å². The summed E-state index contributed by atoms with van der Waals surface area (Å²) in [7, 11) is 0. The molecule has 8 nitrogen and oxygen atoms in total. The van der Waals surface area contributed by atoms with Gasteiger partial charge >= 0.3 is 0 Å². The molecule has 2 aromatic rings. The van der Waals surface area contributed by atoms with E-state index in [1.165, 1.54) is 0 Å². The van der Waals surface area contributed by atoms with Crippen molar-refractivity contribution in [2.75, 3.05) is 19.7 Å². The highest BCUT2D eigenvalue weighted by atomic mass is 16.5. The molecule has 130 valence electrons. The number of rotatable bonds is 7. The van der Waals surface area contributed by atoms with E-state index in [0.29, 0.717) is 23.8 Å². The minimum absolute atomic E-state index is 0.0162. The fraction of sp³-hybridized carbons (Fsp3) is 0.412. The molecule has 1 fully saturated rings. The molecule has 3 rings (SSSR count). The molecule has 1 saturated heterocycles. The summed E-state index contributed by atoms with van der Waals surface area (Å²) in [6.07, 6.45) is 2.76. The van der Waals surface area contributed by atoms with Crippen LogP contribution in [0.5, 0.6) is 5.75 Å². The first-order chi connectivity index (χ1) is 12.2. The van der Waals surface area contributed by atoms with Crippen molar-refractivity contribution >= 4 is 5.91 Å². The molecule has 0 unspecified atom stereocenters. The van der Waals surface area contributed by atoms with Gasteiger partial charge in [0.1, 0.15) is 5.75 Å². The van der Waals surface area contributed by atoms with Crippen LogP contribution in [-0.2, 0) is 0 Å². The third kappa shape index (κ3) is 4.14. The molecule has 1 atom stereocenters. The van der Waals surface area contributed by atoms with E-state index >= 15 is 0 Å². The Kier molecular flexibility index (Phi) is 5.26. The molecule has 1 aromatic heterocycles. The van der Waals surface area contributed by atoms with Crippen molar-refractivity contribution in [2.45, 2.75) is 25.3 Å². The fourth-order valence-corrected chi connectivity index (χ4v) is 2.96. The number of nitrogens with zero attached hydrogens (tertiary/aromatic N) is 4. The van der Waals surface area contributed by atoms with Crippen molar-refractivity contribution in [2.24, 2.45) is 5.73 Å². The Morgan fingerprint density at radius 3 is 3.16 bits per heavy atom. The molecule has 2 N–H and O–H groups in total. The molecule has 1 aliphatic rings. The monoisotopic (exact) mass is 341 g/mol. The highest BCUT2D eigenvalue weighted by molar-refractivity contribution is 5.88. The van der Waals surface area contributed by atoms with E-state index in [9.17, 15) is 4.79 Å². The van der Waals surface area contributed by atoms with Gasteiger partial charge in [-0.1, -0.05) is 11.2 Å².